The Balaban J connectivity index is 1.54. The van der Waals surface area contributed by atoms with Gasteiger partial charge in [0.2, 0.25) is 5.91 Å². The maximum absolute atomic E-state index is 13.6. The zero-order valence-corrected chi connectivity index (χ0v) is 21.2. The van der Waals surface area contributed by atoms with Gasteiger partial charge in [-0.25, -0.2) is 4.39 Å². The van der Waals surface area contributed by atoms with E-state index >= 15 is 0 Å². The number of carbonyl (C=O) groups is 2. The van der Waals surface area contributed by atoms with Gasteiger partial charge in [-0.15, -0.1) is 23.2 Å². The van der Waals surface area contributed by atoms with Crippen LogP contribution in [0.3, 0.4) is 0 Å². The first-order valence-corrected chi connectivity index (χ1v) is 11.9. The minimum Gasteiger partial charge on any atom is -0.326 e. The third-order valence-electron chi connectivity index (χ3n) is 5.54. The first-order chi connectivity index (χ1) is 16.0. The van der Waals surface area contributed by atoms with Crippen LogP contribution in [0, 0.1) is 11.7 Å². The van der Waals surface area contributed by atoms with E-state index in [1.165, 1.54) is 42.3 Å². The van der Waals surface area contributed by atoms with Gasteiger partial charge >= 0.3 is 0 Å². The van der Waals surface area contributed by atoms with Crippen molar-refractivity contribution in [2.75, 3.05) is 17.3 Å². The van der Waals surface area contributed by atoms with Gasteiger partial charge in [0.05, 0.1) is 16.5 Å². The number of rotatable bonds is 5. The first kappa shape index (κ1) is 25.1. The van der Waals surface area contributed by atoms with E-state index in [9.17, 15) is 14.0 Å². The Labute approximate surface area is 220 Å². The number of hydrogen-bond acceptors (Lipinski definition) is 2. The lowest BCUT2D eigenvalue weighted by molar-refractivity contribution is -0.117. The fraction of sp³-hybridized carbons (Fsp3) is 0.167. The van der Waals surface area contributed by atoms with Gasteiger partial charge in [-0.2, -0.15) is 0 Å². The molecule has 1 saturated carbocycles. The molecule has 0 aliphatic heterocycles. The summed E-state index contributed by atoms with van der Waals surface area (Å²) in [6.07, 6.45) is 0. The highest BCUT2D eigenvalue weighted by atomic mass is 35.5. The number of halogens is 6. The Bertz CT molecular complexity index is 1280. The predicted octanol–water partition coefficient (Wildman–Crippen LogP) is 7.59. The highest BCUT2D eigenvalue weighted by Gasteiger charge is 2.67. The van der Waals surface area contributed by atoms with Gasteiger partial charge in [-0.1, -0.05) is 40.9 Å². The molecule has 10 heteroatoms. The number of carbonyl (C=O) groups excluding carboxylic acids is 2. The Hall–Kier alpha value is -2.02. The Morgan fingerprint density at radius 1 is 0.971 bits per heavy atom. The average Bonchev–Trinajstić information content (AvgIpc) is 3.35. The number of nitrogens with one attached hydrogen (secondary N) is 1. The monoisotopic (exact) mass is 558 g/mol. The van der Waals surface area contributed by atoms with Crippen molar-refractivity contribution in [3.05, 3.63) is 92.7 Å². The van der Waals surface area contributed by atoms with Gasteiger partial charge in [-0.05, 0) is 60.2 Å². The molecular weight excluding hydrogens is 545 g/mol. The SMILES string of the molecule is CN(C(=O)c1cc(NC(=O)[C@H]2[C@H](c3cc(Cl)cc(Cl)c3)C2(Cl)Cl)ccc1Cl)c1cccc(F)c1. The zero-order valence-electron chi connectivity index (χ0n) is 17.5. The normalized spacial score (nSPS) is 18.3. The van der Waals surface area contributed by atoms with Crippen LogP contribution < -0.4 is 10.2 Å². The van der Waals surface area contributed by atoms with Gasteiger partial charge < -0.3 is 10.2 Å². The lowest BCUT2D eigenvalue weighted by Crippen LogP contribution is -2.27. The van der Waals surface area contributed by atoms with Gasteiger partial charge in [0.25, 0.3) is 5.91 Å². The Morgan fingerprint density at radius 3 is 2.29 bits per heavy atom. The van der Waals surface area contributed by atoms with Crippen molar-refractivity contribution < 1.29 is 14.0 Å². The van der Waals surface area contributed by atoms with Gasteiger partial charge in [0.15, 0.2) is 0 Å². The van der Waals surface area contributed by atoms with Crippen molar-refractivity contribution in [2.24, 2.45) is 5.92 Å². The lowest BCUT2D eigenvalue weighted by Gasteiger charge is -2.19. The van der Waals surface area contributed by atoms with Gasteiger partial charge in [0, 0.05) is 34.4 Å². The Morgan fingerprint density at radius 2 is 1.65 bits per heavy atom. The maximum atomic E-state index is 13.6. The van der Waals surface area contributed by atoms with Gasteiger partial charge in [0.1, 0.15) is 10.2 Å². The fourth-order valence-electron chi connectivity index (χ4n) is 3.79. The molecule has 34 heavy (non-hydrogen) atoms. The summed E-state index contributed by atoms with van der Waals surface area (Å²) in [6, 6.07) is 15.0. The van der Waals surface area contributed by atoms with Crippen LogP contribution in [0.5, 0.6) is 0 Å². The molecule has 1 fully saturated rings. The standard InChI is InChI=1S/C24H16Cl5FN2O2/c1-32(17-4-2-3-15(30)10-17)23(34)18-11-16(5-6-19(18)27)31-22(33)21-20(24(21,28)29)12-7-13(25)9-14(26)8-12/h2-11,20-21H,1H3,(H,31,33)/t20-,21+/m0/s1. The van der Waals surface area contributed by atoms with Crippen LogP contribution in [-0.4, -0.2) is 23.2 Å². The third-order valence-corrected chi connectivity index (χ3v) is 7.25. The molecule has 1 aliphatic rings. The van der Waals surface area contributed by atoms with Crippen LogP contribution in [-0.2, 0) is 4.79 Å². The predicted molar refractivity (Wildman–Crippen MR) is 136 cm³/mol. The minimum absolute atomic E-state index is 0.128. The summed E-state index contributed by atoms with van der Waals surface area (Å²) in [6.45, 7) is 0. The molecule has 4 rings (SSSR count). The van der Waals surface area contributed by atoms with Crippen molar-refractivity contribution >= 4 is 81.2 Å². The van der Waals surface area contributed by atoms with Crippen LogP contribution in [0.15, 0.2) is 60.7 Å². The molecule has 3 aromatic rings. The number of alkyl halides is 2. The number of benzene rings is 3. The summed E-state index contributed by atoms with van der Waals surface area (Å²) in [5, 5.41) is 3.72. The number of amides is 2. The number of nitrogens with zero attached hydrogens (tertiary/aromatic N) is 1. The van der Waals surface area contributed by atoms with E-state index in [0.29, 0.717) is 27.0 Å². The third kappa shape index (κ3) is 5.00. The van der Waals surface area contributed by atoms with Crippen molar-refractivity contribution in [1.82, 2.24) is 0 Å². The zero-order chi connectivity index (χ0) is 24.8. The molecule has 0 saturated heterocycles. The topological polar surface area (TPSA) is 49.4 Å². The van der Waals surface area contributed by atoms with E-state index in [2.05, 4.69) is 5.32 Å². The van der Waals surface area contributed by atoms with E-state index < -0.39 is 33.8 Å². The van der Waals surface area contributed by atoms with Crippen LogP contribution in [0.25, 0.3) is 0 Å². The molecular formula is C24H16Cl5FN2O2. The van der Waals surface area contributed by atoms with E-state index in [-0.39, 0.29) is 10.6 Å². The average molecular weight is 561 g/mol. The van der Waals surface area contributed by atoms with Gasteiger partial charge in [-0.3, -0.25) is 9.59 Å². The molecule has 0 aromatic heterocycles. The fourth-order valence-corrected chi connectivity index (χ4v) is 5.36. The lowest BCUT2D eigenvalue weighted by atomic mass is 10.1. The molecule has 2 atom stereocenters. The summed E-state index contributed by atoms with van der Waals surface area (Å²) in [5.41, 5.74) is 1.45. The summed E-state index contributed by atoms with van der Waals surface area (Å²) in [4.78, 5) is 27.3. The number of hydrogen-bond donors (Lipinski definition) is 1. The molecule has 1 N–H and O–H groups in total. The molecule has 4 nitrogen and oxygen atoms in total. The van der Waals surface area contributed by atoms with Crippen LogP contribution >= 0.6 is 58.0 Å². The molecule has 0 bridgehead atoms. The summed E-state index contributed by atoms with van der Waals surface area (Å²) in [7, 11) is 1.50. The van der Waals surface area contributed by atoms with E-state index in [0.717, 1.165) is 0 Å². The van der Waals surface area contributed by atoms with E-state index in [1.54, 1.807) is 30.3 Å². The summed E-state index contributed by atoms with van der Waals surface area (Å²) >= 11 is 31.2. The summed E-state index contributed by atoms with van der Waals surface area (Å²) < 4.78 is 12.2. The largest absolute Gasteiger partial charge is 0.326 e. The highest BCUT2D eigenvalue weighted by molar-refractivity contribution is 6.53. The second-order valence-corrected chi connectivity index (χ2v) is 10.6. The molecule has 3 aromatic carbocycles. The van der Waals surface area contributed by atoms with Crippen LogP contribution in [0.1, 0.15) is 21.8 Å². The van der Waals surface area contributed by atoms with E-state index in [4.69, 9.17) is 58.0 Å². The van der Waals surface area contributed by atoms with Crippen LogP contribution in [0.2, 0.25) is 15.1 Å². The van der Waals surface area contributed by atoms with Crippen molar-refractivity contribution in [3.63, 3.8) is 0 Å². The van der Waals surface area contributed by atoms with Crippen molar-refractivity contribution in [1.29, 1.82) is 0 Å². The maximum Gasteiger partial charge on any atom is 0.259 e. The Kier molecular flexibility index (Phi) is 7.05. The second-order valence-electron chi connectivity index (χ2n) is 7.86. The highest BCUT2D eigenvalue weighted by Crippen LogP contribution is 2.65. The van der Waals surface area contributed by atoms with Crippen LogP contribution in [0.4, 0.5) is 15.8 Å². The molecule has 0 unspecified atom stereocenters. The molecule has 0 radical (unpaired) electrons. The molecule has 176 valence electrons. The molecule has 1 aliphatic carbocycles. The molecule has 2 amide bonds. The number of anilines is 2. The molecule has 0 spiro atoms. The first-order valence-electron chi connectivity index (χ1n) is 9.97. The quantitative estimate of drug-likeness (QED) is 0.327. The summed E-state index contributed by atoms with van der Waals surface area (Å²) in [5.74, 6) is -2.68. The molecule has 0 heterocycles. The van der Waals surface area contributed by atoms with Crippen molar-refractivity contribution in [2.45, 2.75) is 10.3 Å². The minimum atomic E-state index is -1.35. The van der Waals surface area contributed by atoms with Crippen molar-refractivity contribution in [3.8, 4) is 0 Å². The smallest absolute Gasteiger partial charge is 0.259 e. The van der Waals surface area contributed by atoms with E-state index in [1.807, 2.05) is 0 Å². The second kappa shape index (κ2) is 9.56.